The molecule has 10 heteroatoms. The highest BCUT2D eigenvalue weighted by molar-refractivity contribution is 6.34. The van der Waals surface area contributed by atoms with E-state index < -0.39 is 0 Å². The molecule has 4 heterocycles. The van der Waals surface area contributed by atoms with Gasteiger partial charge in [-0.1, -0.05) is 11.6 Å². The number of ether oxygens (including phenoxy) is 1. The fraction of sp³-hybridized carbons (Fsp3) is 0.542. The number of aromatic nitrogens is 4. The molecule has 0 spiro atoms. The largest absolute Gasteiger partial charge is 0.377 e. The summed E-state index contributed by atoms with van der Waals surface area (Å²) in [5, 5.41) is 13.7. The van der Waals surface area contributed by atoms with Gasteiger partial charge in [0.25, 0.3) is 0 Å². The number of nitrogens with one attached hydrogen (secondary N) is 1. The lowest BCUT2D eigenvalue weighted by molar-refractivity contribution is -0.131. The standard InChI is InChI=1S/C24H30ClN7O2/c1-24(14-34-15-24)30-5-3-29(4-6-30)22-10-21-17(9-20(22)25)11-28-32(21)19-12-27-31(13-19)18-7-16(8-18)23(33)26-2/h9-13,16,18H,3-8,14-15H2,1-2H3,(H,26,33). The Morgan fingerprint density at radius 1 is 1.15 bits per heavy atom. The number of halogens is 1. The van der Waals surface area contributed by atoms with Gasteiger partial charge in [-0.2, -0.15) is 10.2 Å². The van der Waals surface area contributed by atoms with Gasteiger partial charge in [-0.25, -0.2) is 4.68 Å². The molecule has 1 aromatic carbocycles. The molecule has 0 unspecified atom stereocenters. The highest BCUT2D eigenvalue weighted by Gasteiger charge is 2.40. The molecule has 2 saturated heterocycles. The van der Waals surface area contributed by atoms with Gasteiger partial charge in [0.05, 0.1) is 59.6 Å². The summed E-state index contributed by atoms with van der Waals surface area (Å²) in [4.78, 5) is 16.7. The minimum atomic E-state index is 0.0813. The monoisotopic (exact) mass is 483 g/mol. The molecule has 1 N–H and O–H groups in total. The zero-order chi connectivity index (χ0) is 23.4. The highest BCUT2D eigenvalue weighted by atomic mass is 35.5. The third-order valence-corrected chi connectivity index (χ3v) is 8.09. The summed E-state index contributed by atoms with van der Waals surface area (Å²) in [5.41, 5.74) is 3.15. The van der Waals surface area contributed by atoms with Crippen molar-refractivity contribution in [3.63, 3.8) is 0 Å². The Hall–Kier alpha value is -2.62. The molecule has 2 aliphatic heterocycles. The van der Waals surface area contributed by atoms with Crippen molar-refractivity contribution in [2.75, 3.05) is 51.3 Å². The average molecular weight is 484 g/mol. The fourth-order valence-corrected chi connectivity index (χ4v) is 5.70. The van der Waals surface area contributed by atoms with Crippen molar-refractivity contribution in [3.05, 3.63) is 35.7 Å². The molecule has 1 amide bonds. The van der Waals surface area contributed by atoms with Gasteiger partial charge in [0.15, 0.2) is 0 Å². The van der Waals surface area contributed by atoms with Crippen LogP contribution in [0.3, 0.4) is 0 Å². The van der Waals surface area contributed by atoms with Crippen molar-refractivity contribution in [3.8, 4) is 5.69 Å². The lowest BCUT2D eigenvalue weighted by atomic mass is 9.80. The van der Waals surface area contributed by atoms with Crippen LogP contribution in [0, 0.1) is 5.92 Å². The number of fused-ring (bicyclic) bond motifs is 1. The lowest BCUT2D eigenvalue weighted by Crippen LogP contribution is -2.64. The van der Waals surface area contributed by atoms with Gasteiger partial charge in [0.1, 0.15) is 5.69 Å². The maximum atomic E-state index is 11.8. The van der Waals surface area contributed by atoms with E-state index in [1.165, 1.54) is 0 Å². The van der Waals surface area contributed by atoms with E-state index in [1.807, 2.05) is 34.0 Å². The van der Waals surface area contributed by atoms with Crippen LogP contribution in [-0.4, -0.2) is 82.3 Å². The molecule has 180 valence electrons. The summed E-state index contributed by atoms with van der Waals surface area (Å²) in [6, 6.07) is 4.41. The number of rotatable bonds is 5. The molecule has 6 rings (SSSR count). The number of anilines is 1. The van der Waals surface area contributed by atoms with E-state index in [0.717, 1.165) is 79.5 Å². The minimum absolute atomic E-state index is 0.0813. The number of amides is 1. The van der Waals surface area contributed by atoms with Crippen molar-refractivity contribution in [1.82, 2.24) is 29.8 Å². The number of carbonyl (C=O) groups excluding carboxylic acids is 1. The van der Waals surface area contributed by atoms with E-state index in [2.05, 4.69) is 38.3 Å². The van der Waals surface area contributed by atoms with Crippen LogP contribution in [0.5, 0.6) is 0 Å². The van der Waals surface area contributed by atoms with Crippen LogP contribution in [0.25, 0.3) is 16.6 Å². The number of nitrogens with zero attached hydrogens (tertiary/aromatic N) is 6. The van der Waals surface area contributed by atoms with Gasteiger partial charge in [-0.3, -0.25) is 14.4 Å². The quantitative estimate of drug-likeness (QED) is 0.600. The fourth-order valence-electron chi connectivity index (χ4n) is 5.41. The third-order valence-electron chi connectivity index (χ3n) is 7.78. The summed E-state index contributed by atoms with van der Waals surface area (Å²) in [6.45, 7) is 7.78. The van der Waals surface area contributed by atoms with Crippen LogP contribution in [0.1, 0.15) is 25.8 Å². The second-order valence-electron chi connectivity index (χ2n) is 10.00. The van der Waals surface area contributed by atoms with Crippen molar-refractivity contribution >= 4 is 34.1 Å². The van der Waals surface area contributed by atoms with Crippen molar-refractivity contribution in [1.29, 1.82) is 0 Å². The molecule has 0 bridgehead atoms. The van der Waals surface area contributed by atoms with Crippen molar-refractivity contribution < 1.29 is 9.53 Å². The molecule has 3 aromatic rings. The van der Waals surface area contributed by atoms with Crippen molar-refractivity contribution in [2.24, 2.45) is 5.92 Å². The van der Waals surface area contributed by atoms with E-state index in [4.69, 9.17) is 16.3 Å². The number of hydrogen-bond donors (Lipinski definition) is 1. The van der Waals surface area contributed by atoms with Crippen LogP contribution in [0.4, 0.5) is 5.69 Å². The highest BCUT2D eigenvalue weighted by Crippen LogP contribution is 2.38. The Bertz CT molecular complexity index is 1220. The van der Waals surface area contributed by atoms with E-state index in [-0.39, 0.29) is 23.4 Å². The SMILES string of the molecule is CNC(=O)C1CC(n2cc(-n3ncc4cc(Cl)c(N5CCN(C6(C)COC6)CC5)cc43)cn2)C1. The first kappa shape index (κ1) is 21.9. The summed E-state index contributed by atoms with van der Waals surface area (Å²) < 4.78 is 9.34. The normalized spacial score (nSPS) is 24.6. The first-order chi connectivity index (χ1) is 16.4. The summed E-state index contributed by atoms with van der Waals surface area (Å²) in [7, 11) is 1.69. The van der Waals surface area contributed by atoms with Crippen LogP contribution < -0.4 is 10.2 Å². The second-order valence-corrected chi connectivity index (χ2v) is 10.4. The molecule has 34 heavy (non-hydrogen) atoms. The predicted molar refractivity (Wildman–Crippen MR) is 131 cm³/mol. The average Bonchev–Trinajstić information content (AvgIpc) is 3.42. The van der Waals surface area contributed by atoms with Crippen LogP contribution in [0.2, 0.25) is 5.02 Å². The minimum Gasteiger partial charge on any atom is -0.377 e. The number of piperazine rings is 1. The molecule has 1 aliphatic carbocycles. The first-order valence-electron chi connectivity index (χ1n) is 12.0. The first-order valence-corrected chi connectivity index (χ1v) is 12.3. The van der Waals surface area contributed by atoms with Gasteiger partial charge < -0.3 is 15.0 Å². The molecule has 1 saturated carbocycles. The van der Waals surface area contributed by atoms with Crippen molar-refractivity contribution in [2.45, 2.75) is 31.3 Å². The van der Waals surface area contributed by atoms with E-state index in [9.17, 15) is 4.79 Å². The maximum Gasteiger partial charge on any atom is 0.223 e. The molecule has 9 nitrogen and oxygen atoms in total. The van der Waals surface area contributed by atoms with Gasteiger partial charge in [0.2, 0.25) is 5.91 Å². The van der Waals surface area contributed by atoms with Gasteiger partial charge >= 0.3 is 0 Å². The lowest BCUT2D eigenvalue weighted by Gasteiger charge is -2.50. The molecule has 0 radical (unpaired) electrons. The van der Waals surface area contributed by atoms with E-state index in [1.54, 1.807) is 7.05 Å². The maximum absolute atomic E-state index is 11.8. The Kier molecular flexibility index (Phi) is 5.31. The molecule has 2 aromatic heterocycles. The number of carbonyl (C=O) groups is 1. The third kappa shape index (κ3) is 3.57. The van der Waals surface area contributed by atoms with Gasteiger partial charge in [0, 0.05) is 44.5 Å². The number of hydrogen-bond acceptors (Lipinski definition) is 6. The molecular weight excluding hydrogens is 454 g/mol. The van der Waals surface area contributed by atoms with Crippen LogP contribution >= 0.6 is 11.6 Å². The topological polar surface area (TPSA) is 80.5 Å². The van der Waals surface area contributed by atoms with Crippen LogP contribution in [-0.2, 0) is 9.53 Å². The molecule has 3 fully saturated rings. The predicted octanol–water partition coefficient (Wildman–Crippen LogP) is 2.48. The Morgan fingerprint density at radius 2 is 1.91 bits per heavy atom. The second kappa shape index (κ2) is 8.25. The Morgan fingerprint density at radius 3 is 2.59 bits per heavy atom. The molecular formula is C24H30ClN7O2. The smallest absolute Gasteiger partial charge is 0.223 e. The summed E-state index contributed by atoms with van der Waals surface area (Å²) >= 11 is 6.72. The summed E-state index contributed by atoms with van der Waals surface area (Å²) in [6.07, 6.45) is 7.34. The van der Waals surface area contributed by atoms with Gasteiger partial charge in [-0.15, -0.1) is 0 Å². The van der Waals surface area contributed by atoms with E-state index in [0.29, 0.717) is 0 Å². The zero-order valence-corrected chi connectivity index (χ0v) is 20.3. The van der Waals surface area contributed by atoms with Crippen LogP contribution in [0.15, 0.2) is 30.7 Å². The summed E-state index contributed by atoms with van der Waals surface area (Å²) in [5.74, 6) is 0.194. The van der Waals surface area contributed by atoms with Gasteiger partial charge in [-0.05, 0) is 31.9 Å². The van der Waals surface area contributed by atoms with E-state index >= 15 is 0 Å². The Labute approximate surface area is 203 Å². The molecule has 0 atom stereocenters. The number of benzene rings is 1. The zero-order valence-electron chi connectivity index (χ0n) is 19.6. The molecule has 3 aliphatic rings. The Balaban J connectivity index is 1.21.